The predicted molar refractivity (Wildman–Crippen MR) is 80.8 cm³/mol. The third-order valence-electron chi connectivity index (χ3n) is 3.70. The predicted octanol–water partition coefficient (Wildman–Crippen LogP) is 1.88. The molecule has 0 spiro atoms. The first-order valence-electron chi connectivity index (χ1n) is 7.00. The van der Waals surface area contributed by atoms with Crippen LogP contribution in [0.15, 0.2) is 37.1 Å². The van der Waals surface area contributed by atoms with Crippen molar-refractivity contribution in [2.75, 3.05) is 31.6 Å². The Balaban J connectivity index is 1.84. The van der Waals surface area contributed by atoms with Gasteiger partial charge in [0.25, 0.3) is 0 Å². The maximum absolute atomic E-state index is 11.9. The fourth-order valence-corrected chi connectivity index (χ4v) is 2.47. The van der Waals surface area contributed by atoms with Crippen LogP contribution in [0.1, 0.15) is 12.8 Å². The maximum atomic E-state index is 11.9. The maximum Gasteiger partial charge on any atom is 0.317 e. The molecule has 20 heavy (non-hydrogen) atoms. The average molecular weight is 274 g/mol. The second-order valence-electron chi connectivity index (χ2n) is 4.99. The van der Waals surface area contributed by atoms with Gasteiger partial charge in [0.1, 0.15) is 5.82 Å². The number of nitrogens with one attached hydrogen (secondary N) is 1. The Morgan fingerprint density at radius 2 is 2.30 bits per heavy atom. The van der Waals surface area contributed by atoms with Crippen molar-refractivity contribution in [1.29, 1.82) is 0 Å². The highest BCUT2D eigenvalue weighted by Crippen LogP contribution is 2.20. The molecule has 0 atom stereocenters. The number of anilines is 1. The van der Waals surface area contributed by atoms with Gasteiger partial charge in [0.15, 0.2) is 0 Å². The quantitative estimate of drug-likeness (QED) is 0.853. The number of nitrogens with zero attached hydrogens (tertiary/aromatic N) is 3. The second-order valence-corrected chi connectivity index (χ2v) is 4.99. The number of rotatable bonds is 4. The van der Waals surface area contributed by atoms with Crippen molar-refractivity contribution in [3.8, 4) is 0 Å². The van der Waals surface area contributed by atoms with Crippen LogP contribution in [-0.4, -0.2) is 48.6 Å². The fourth-order valence-electron chi connectivity index (χ4n) is 2.47. The molecule has 0 saturated carbocycles. The number of carbonyl (C=O) groups excluding carboxylic acids is 1. The van der Waals surface area contributed by atoms with Gasteiger partial charge in [-0.05, 0) is 25.0 Å². The van der Waals surface area contributed by atoms with E-state index >= 15 is 0 Å². The molecule has 1 aliphatic rings. The van der Waals surface area contributed by atoms with Gasteiger partial charge in [-0.15, -0.1) is 6.58 Å². The molecule has 0 aromatic carbocycles. The van der Waals surface area contributed by atoms with E-state index in [1.807, 2.05) is 31.4 Å². The molecule has 0 bridgehead atoms. The molecule has 0 unspecified atom stereocenters. The molecule has 108 valence electrons. The number of piperidine rings is 1. The average Bonchev–Trinajstić information content (AvgIpc) is 2.53. The van der Waals surface area contributed by atoms with Crippen LogP contribution in [0.25, 0.3) is 0 Å². The number of hydrogen-bond acceptors (Lipinski definition) is 3. The lowest BCUT2D eigenvalue weighted by Crippen LogP contribution is -2.49. The van der Waals surface area contributed by atoms with Crippen LogP contribution in [0.4, 0.5) is 10.6 Å². The lowest BCUT2D eigenvalue weighted by atomic mass is 10.0. The Hall–Kier alpha value is -2.04. The van der Waals surface area contributed by atoms with Gasteiger partial charge in [-0.25, -0.2) is 9.78 Å². The van der Waals surface area contributed by atoms with Crippen LogP contribution in [-0.2, 0) is 0 Å². The van der Waals surface area contributed by atoms with Crippen molar-refractivity contribution in [2.24, 2.45) is 0 Å². The first kappa shape index (κ1) is 14.4. The summed E-state index contributed by atoms with van der Waals surface area (Å²) in [5.74, 6) is 1.02. The molecule has 1 fully saturated rings. The Morgan fingerprint density at radius 1 is 1.55 bits per heavy atom. The van der Waals surface area contributed by atoms with Gasteiger partial charge >= 0.3 is 6.03 Å². The van der Waals surface area contributed by atoms with E-state index in [9.17, 15) is 4.79 Å². The summed E-state index contributed by atoms with van der Waals surface area (Å²) in [4.78, 5) is 20.3. The minimum Gasteiger partial charge on any atom is -0.356 e. The second kappa shape index (κ2) is 6.93. The van der Waals surface area contributed by atoms with Crippen molar-refractivity contribution in [2.45, 2.75) is 18.9 Å². The molecule has 1 aromatic rings. The Kier molecular flexibility index (Phi) is 4.98. The van der Waals surface area contributed by atoms with Crippen LogP contribution in [0.3, 0.4) is 0 Å². The highest BCUT2D eigenvalue weighted by molar-refractivity contribution is 5.74. The van der Waals surface area contributed by atoms with E-state index in [1.54, 1.807) is 11.0 Å². The normalized spacial score (nSPS) is 15.8. The molecular weight excluding hydrogens is 252 g/mol. The van der Waals surface area contributed by atoms with Gasteiger partial charge in [-0.3, -0.25) is 0 Å². The van der Waals surface area contributed by atoms with Crippen molar-refractivity contribution >= 4 is 11.8 Å². The van der Waals surface area contributed by atoms with Crippen molar-refractivity contribution in [1.82, 2.24) is 15.2 Å². The lowest BCUT2D eigenvalue weighted by molar-refractivity contribution is 0.181. The molecule has 0 radical (unpaired) electrons. The third-order valence-corrected chi connectivity index (χ3v) is 3.70. The summed E-state index contributed by atoms with van der Waals surface area (Å²) < 4.78 is 0. The summed E-state index contributed by atoms with van der Waals surface area (Å²) in [6.45, 7) is 5.97. The zero-order valence-corrected chi connectivity index (χ0v) is 12.0. The van der Waals surface area contributed by atoms with Gasteiger partial charge in [0.05, 0.1) is 0 Å². The van der Waals surface area contributed by atoms with Crippen LogP contribution in [0.2, 0.25) is 0 Å². The number of pyridine rings is 1. The van der Waals surface area contributed by atoms with Gasteiger partial charge in [-0.2, -0.15) is 0 Å². The molecule has 1 aliphatic heterocycles. The smallest absolute Gasteiger partial charge is 0.317 e. The molecule has 2 heterocycles. The zero-order valence-electron chi connectivity index (χ0n) is 12.0. The lowest BCUT2D eigenvalue weighted by Gasteiger charge is -2.37. The summed E-state index contributed by atoms with van der Waals surface area (Å²) in [5.41, 5.74) is 0. The zero-order chi connectivity index (χ0) is 14.4. The highest BCUT2D eigenvalue weighted by Gasteiger charge is 2.25. The molecule has 2 rings (SSSR count). The molecule has 5 heteroatoms. The van der Waals surface area contributed by atoms with E-state index in [1.165, 1.54) is 0 Å². The van der Waals surface area contributed by atoms with Gasteiger partial charge in [0.2, 0.25) is 0 Å². The number of urea groups is 1. The van der Waals surface area contributed by atoms with Crippen molar-refractivity contribution < 1.29 is 4.79 Å². The van der Waals surface area contributed by atoms with Crippen LogP contribution < -0.4 is 10.2 Å². The number of carbonyl (C=O) groups is 1. The summed E-state index contributed by atoms with van der Waals surface area (Å²) in [6, 6.07) is 6.22. The van der Waals surface area contributed by atoms with Gasteiger partial charge in [-0.1, -0.05) is 12.1 Å². The molecule has 1 aromatic heterocycles. The number of hydrogen-bond donors (Lipinski definition) is 1. The fraction of sp³-hybridized carbons (Fsp3) is 0.467. The first-order chi connectivity index (χ1) is 9.72. The Morgan fingerprint density at radius 3 is 2.90 bits per heavy atom. The van der Waals surface area contributed by atoms with Crippen molar-refractivity contribution in [3.05, 3.63) is 37.1 Å². The minimum absolute atomic E-state index is 0.0267. The summed E-state index contributed by atoms with van der Waals surface area (Å²) in [6.07, 6.45) is 5.44. The van der Waals surface area contributed by atoms with Gasteiger partial charge in [0, 0.05) is 38.9 Å². The monoisotopic (exact) mass is 274 g/mol. The van der Waals surface area contributed by atoms with E-state index < -0.39 is 0 Å². The topological polar surface area (TPSA) is 48.5 Å². The molecule has 1 saturated heterocycles. The summed E-state index contributed by atoms with van der Waals surface area (Å²) in [7, 11) is 1.86. The number of amides is 2. The molecule has 1 N–H and O–H groups in total. The van der Waals surface area contributed by atoms with E-state index in [0.29, 0.717) is 12.6 Å². The Bertz CT molecular complexity index is 440. The summed E-state index contributed by atoms with van der Waals surface area (Å²) in [5, 5.41) is 2.82. The molecular formula is C15H22N4O. The molecule has 2 amide bonds. The molecule has 0 aliphatic carbocycles. The summed E-state index contributed by atoms with van der Waals surface area (Å²) >= 11 is 0. The minimum atomic E-state index is -0.0267. The number of aromatic nitrogens is 1. The van der Waals surface area contributed by atoms with Gasteiger partial charge < -0.3 is 15.1 Å². The van der Waals surface area contributed by atoms with E-state index in [-0.39, 0.29) is 6.03 Å². The largest absolute Gasteiger partial charge is 0.356 e. The van der Waals surface area contributed by atoms with Crippen LogP contribution >= 0.6 is 0 Å². The SMILES string of the molecule is C=CCNC(=O)N(C)C1CCN(c2ccccn2)CC1. The third kappa shape index (κ3) is 3.50. The van der Waals surface area contributed by atoms with E-state index in [2.05, 4.69) is 21.8 Å². The Labute approximate surface area is 120 Å². The van der Waals surface area contributed by atoms with Crippen LogP contribution in [0, 0.1) is 0 Å². The van der Waals surface area contributed by atoms with Crippen LogP contribution in [0.5, 0.6) is 0 Å². The standard InChI is InChI=1S/C15H22N4O/c1-3-9-17-15(20)18(2)13-7-11-19(12-8-13)14-6-4-5-10-16-14/h3-6,10,13H,1,7-9,11-12H2,2H3,(H,17,20). The molecule has 5 nitrogen and oxygen atoms in total. The van der Waals surface area contributed by atoms with Crippen molar-refractivity contribution in [3.63, 3.8) is 0 Å². The van der Waals surface area contributed by atoms with E-state index in [4.69, 9.17) is 0 Å². The van der Waals surface area contributed by atoms with E-state index in [0.717, 1.165) is 31.7 Å². The highest BCUT2D eigenvalue weighted by atomic mass is 16.2. The first-order valence-corrected chi connectivity index (χ1v) is 7.00.